The fraction of sp³-hybridized carbons (Fsp3) is 0.706. The number of nitrogens with two attached hydrogens (primary N) is 1. The first-order valence-corrected chi connectivity index (χ1v) is 11.6. The van der Waals surface area contributed by atoms with Crippen LogP contribution in [0.15, 0.2) is 6.20 Å². The lowest BCUT2D eigenvalue weighted by atomic mass is 9.66. The number of aromatic nitrogens is 4. The van der Waals surface area contributed by atoms with Gasteiger partial charge in [0.05, 0.1) is 12.3 Å². The Labute approximate surface area is 182 Å². The second-order valence-corrected chi connectivity index (χ2v) is 10.0. The third-order valence-corrected chi connectivity index (χ3v) is 7.69. The highest BCUT2D eigenvalue weighted by atomic mass is 35.5. The lowest BCUT2D eigenvalue weighted by molar-refractivity contribution is -0.0508. The zero-order chi connectivity index (χ0) is 23.0. The number of hydrogen-bond donors (Lipinski definition) is 2. The average molecular weight is 485 g/mol. The summed E-state index contributed by atoms with van der Waals surface area (Å²) >= 11 is 6.12. The molecule has 9 nitrogen and oxygen atoms in total. The van der Waals surface area contributed by atoms with Crippen LogP contribution in [-0.4, -0.2) is 62.1 Å². The summed E-state index contributed by atoms with van der Waals surface area (Å²) in [5.41, 5.74) is 1.21. The quantitative estimate of drug-likeness (QED) is 0.685. The molecule has 0 bridgehead atoms. The van der Waals surface area contributed by atoms with Gasteiger partial charge in [-0.05, 0) is 32.1 Å². The van der Waals surface area contributed by atoms with Crippen LogP contribution in [0.25, 0.3) is 5.52 Å². The summed E-state index contributed by atoms with van der Waals surface area (Å²) < 4.78 is 59.8. The highest BCUT2D eigenvalue weighted by molar-refractivity contribution is 7.90. The maximum Gasteiger partial charge on any atom is 0.511 e. The van der Waals surface area contributed by atoms with E-state index in [4.69, 9.17) is 22.4 Å². The Bertz CT molecular complexity index is 1040. The Morgan fingerprint density at radius 2 is 2.03 bits per heavy atom. The number of imidazole rings is 1. The smallest absolute Gasteiger partial charge is 0.392 e. The van der Waals surface area contributed by atoms with E-state index in [-0.39, 0.29) is 28.6 Å². The van der Waals surface area contributed by atoms with E-state index in [9.17, 15) is 21.6 Å². The van der Waals surface area contributed by atoms with Gasteiger partial charge < -0.3 is 10.8 Å². The van der Waals surface area contributed by atoms with Crippen LogP contribution in [0.3, 0.4) is 0 Å². The van der Waals surface area contributed by atoms with Crippen LogP contribution < -0.4 is 5.73 Å². The predicted octanol–water partition coefficient (Wildman–Crippen LogP) is 2.48. The second-order valence-electron chi connectivity index (χ2n) is 7.73. The Kier molecular flexibility index (Phi) is 6.71. The van der Waals surface area contributed by atoms with Crippen molar-refractivity contribution in [3.63, 3.8) is 0 Å². The van der Waals surface area contributed by atoms with E-state index in [1.54, 1.807) is 10.7 Å². The fourth-order valence-electron chi connectivity index (χ4n) is 3.83. The van der Waals surface area contributed by atoms with Crippen molar-refractivity contribution >= 4 is 33.1 Å². The molecule has 0 amide bonds. The van der Waals surface area contributed by atoms with Gasteiger partial charge in [-0.3, -0.25) is 0 Å². The molecule has 14 heteroatoms. The van der Waals surface area contributed by atoms with Gasteiger partial charge in [-0.2, -0.15) is 17.5 Å². The number of alkyl halides is 3. The topological polar surface area (TPSA) is 127 Å². The Hall–Kier alpha value is -1.70. The molecular formula is C17H24ClF3N6O3S. The van der Waals surface area contributed by atoms with Gasteiger partial charge in [0.2, 0.25) is 5.95 Å². The number of β-amino-alcohol motifs (C(OH)–C–C–N with tert-alkyl or cyclic N) is 1. The molecular weight excluding hydrogens is 461 g/mol. The van der Waals surface area contributed by atoms with E-state index in [0.717, 1.165) is 30.6 Å². The minimum atomic E-state index is -5.27. The van der Waals surface area contributed by atoms with Gasteiger partial charge in [0.1, 0.15) is 11.3 Å². The normalized spacial score (nSPS) is 21.9. The van der Waals surface area contributed by atoms with Gasteiger partial charge >= 0.3 is 15.5 Å². The molecule has 3 heterocycles. The summed E-state index contributed by atoms with van der Waals surface area (Å²) in [6.45, 7) is 1.53. The average Bonchev–Trinajstić information content (AvgIpc) is 2.97. The van der Waals surface area contributed by atoms with Crippen LogP contribution in [0.5, 0.6) is 0 Å². The number of hydrogen-bond acceptors (Lipinski definition) is 7. The molecule has 1 saturated heterocycles. The van der Waals surface area contributed by atoms with Gasteiger partial charge in [-0.15, -0.1) is 5.10 Å². The van der Waals surface area contributed by atoms with Crippen molar-refractivity contribution in [2.75, 3.05) is 18.8 Å². The zero-order valence-electron chi connectivity index (χ0n) is 16.8. The molecule has 0 spiro atoms. The van der Waals surface area contributed by atoms with Crippen molar-refractivity contribution in [2.24, 2.45) is 0 Å². The van der Waals surface area contributed by atoms with E-state index in [1.807, 2.05) is 0 Å². The molecule has 2 fully saturated rings. The third kappa shape index (κ3) is 4.59. The molecule has 4 rings (SSSR count). The monoisotopic (exact) mass is 484 g/mol. The van der Waals surface area contributed by atoms with E-state index in [2.05, 4.69) is 22.0 Å². The first kappa shape index (κ1) is 24.0. The van der Waals surface area contributed by atoms with Crippen molar-refractivity contribution in [3.05, 3.63) is 17.2 Å². The highest BCUT2D eigenvalue weighted by Crippen LogP contribution is 2.46. The molecule has 1 atom stereocenters. The lowest BCUT2D eigenvalue weighted by Gasteiger charge is -2.39. The summed E-state index contributed by atoms with van der Waals surface area (Å²) in [7, 11) is -5.26. The maximum atomic E-state index is 12.0. The first-order chi connectivity index (χ1) is 14.4. The number of nitrogens with zero attached hydrogens (tertiary/aromatic N) is 5. The minimum absolute atomic E-state index is 0.122. The molecule has 1 unspecified atom stereocenters. The standard InChI is InChI=1S/C11H14ClN5.C6H10F3NO3S/c1-2-11(4-3-5-11)9-15-8(12)7-6-14-10(13)16-17(7)9;7-6(8,9)14(12,13)10-3-1-2-5(11)4-10/h6H,2-5H2,1H3,(H2,13,16);5,11H,1-4H2. The zero-order valence-corrected chi connectivity index (χ0v) is 18.4. The van der Waals surface area contributed by atoms with Crippen LogP contribution in [0, 0.1) is 0 Å². The van der Waals surface area contributed by atoms with Crippen LogP contribution in [0.4, 0.5) is 19.1 Å². The predicted molar refractivity (Wildman–Crippen MR) is 108 cm³/mol. The van der Waals surface area contributed by atoms with Gasteiger partial charge in [-0.25, -0.2) is 22.9 Å². The van der Waals surface area contributed by atoms with Crippen molar-refractivity contribution in [1.29, 1.82) is 0 Å². The summed E-state index contributed by atoms with van der Waals surface area (Å²) in [5.74, 6) is 1.18. The maximum absolute atomic E-state index is 12.0. The van der Waals surface area contributed by atoms with Gasteiger partial charge in [0.25, 0.3) is 0 Å². The van der Waals surface area contributed by atoms with Crippen molar-refractivity contribution < 1.29 is 26.7 Å². The summed E-state index contributed by atoms with van der Waals surface area (Å²) in [4.78, 5) is 8.42. The van der Waals surface area contributed by atoms with E-state index >= 15 is 0 Å². The number of aliphatic hydroxyl groups excluding tert-OH is 1. The van der Waals surface area contributed by atoms with Crippen molar-refractivity contribution in [2.45, 2.75) is 62.5 Å². The molecule has 2 aromatic rings. The highest BCUT2D eigenvalue weighted by Gasteiger charge is 2.50. The Balaban J connectivity index is 0.000000180. The molecule has 1 saturated carbocycles. The number of halogens is 4. The minimum Gasteiger partial charge on any atom is -0.392 e. The molecule has 3 N–H and O–H groups in total. The SMILES string of the molecule is CCC1(c2nc(Cl)c3cnc(N)nn23)CCC1.O=S(=O)(N1CCCC(O)C1)C(F)(F)F. The first-order valence-electron chi connectivity index (χ1n) is 9.83. The van der Waals surface area contributed by atoms with Crippen molar-refractivity contribution in [1.82, 2.24) is 23.9 Å². The van der Waals surface area contributed by atoms with Gasteiger partial charge in [0, 0.05) is 18.5 Å². The van der Waals surface area contributed by atoms with Crippen LogP contribution in [-0.2, 0) is 15.4 Å². The molecule has 2 aromatic heterocycles. The Morgan fingerprint density at radius 3 is 2.55 bits per heavy atom. The van der Waals surface area contributed by atoms with E-state index in [1.165, 1.54) is 6.42 Å². The van der Waals surface area contributed by atoms with E-state index in [0.29, 0.717) is 11.6 Å². The van der Waals surface area contributed by atoms with Crippen LogP contribution >= 0.6 is 11.6 Å². The van der Waals surface area contributed by atoms with Crippen LogP contribution in [0.1, 0.15) is 51.3 Å². The lowest BCUT2D eigenvalue weighted by Crippen LogP contribution is -2.47. The summed E-state index contributed by atoms with van der Waals surface area (Å²) in [6, 6.07) is 0. The molecule has 0 radical (unpaired) electrons. The third-order valence-electron chi connectivity index (χ3n) is 5.82. The van der Waals surface area contributed by atoms with Crippen LogP contribution in [0.2, 0.25) is 5.15 Å². The molecule has 31 heavy (non-hydrogen) atoms. The number of piperidine rings is 1. The molecule has 174 valence electrons. The molecule has 0 aromatic carbocycles. The number of anilines is 1. The largest absolute Gasteiger partial charge is 0.511 e. The van der Waals surface area contributed by atoms with E-state index < -0.39 is 28.2 Å². The number of rotatable bonds is 3. The molecule has 1 aliphatic carbocycles. The van der Waals surface area contributed by atoms with Crippen molar-refractivity contribution in [3.8, 4) is 0 Å². The van der Waals surface area contributed by atoms with Gasteiger partial charge in [-0.1, -0.05) is 24.9 Å². The summed E-state index contributed by atoms with van der Waals surface area (Å²) in [5, 5.41) is 13.7. The number of nitrogen functional groups attached to an aromatic ring is 1. The summed E-state index contributed by atoms with van der Waals surface area (Å²) in [6.07, 6.45) is 5.78. The Morgan fingerprint density at radius 1 is 1.35 bits per heavy atom. The number of aliphatic hydroxyl groups is 1. The fourth-order valence-corrected chi connectivity index (χ4v) is 5.07. The molecule has 2 aliphatic rings. The molecule has 1 aliphatic heterocycles. The number of sulfonamides is 1. The number of fused-ring (bicyclic) bond motifs is 1. The second kappa shape index (κ2) is 8.68. The van der Waals surface area contributed by atoms with Gasteiger partial charge in [0.15, 0.2) is 5.15 Å².